The summed E-state index contributed by atoms with van der Waals surface area (Å²) in [5.74, 6) is -0.181. The predicted octanol–water partition coefficient (Wildman–Crippen LogP) is 3.34. The Balaban J connectivity index is 1.42. The van der Waals surface area contributed by atoms with Crippen LogP contribution in [0.25, 0.3) is 0 Å². The minimum absolute atomic E-state index is 0.181. The fourth-order valence-electron chi connectivity index (χ4n) is 4.45. The van der Waals surface area contributed by atoms with Crippen molar-refractivity contribution in [2.24, 2.45) is 0 Å². The molecule has 2 aliphatic heterocycles. The van der Waals surface area contributed by atoms with Crippen molar-refractivity contribution in [2.75, 3.05) is 29.9 Å². The third-order valence-electron chi connectivity index (χ3n) is 6.00. The molecule has 0 saturated carbocycles. The van der Waals surface area contributed by atoms with Crippen LogP contribution in [0.5, 0.6) is 0 Å². The topological polar surface area (TPSA) is 64.3 Å². The van der Waals surface area contributed by atoms with Gasteiger partial charge >= 0.3 is 0 Å². The van der Waals surface area contributed by atoms with Crippen molar-refractivity contribution in [1.82, 2.24) is 15.1 Å². The molecule has 2 aliphatic rings. The molecule has 1 aromatic heterocycles. The zero-order valence-electron chi connectivity index (χ0n) is 16.5. The van der Waals surface area contributed by atoms with Crippen molar-refractivity contribution in [2.45, 2.75) is 52.1 Å². The average molecular weight is 367 g/mol. The molecule has 6 heteroatoms. The summed E-state index contributed by atoms with van der Waals surface area (Å²) in [4.78, 5) is 17.5. The molecule has 2 aromatic rings. The summed E-state index contributed by atoms with van der Waals surface area (Å²) in [6.07, 6.45) is 3.90. The number of rotatable bonds is 4. The van der Waals surface area contributed by atoms with Gasteiger partial charge in [-0.2, -0.15) is 5.10 Å². The largest absolute Gasteiger partial charge is 0.370 e. The number of aromatic amines is 1. The monoisotopic (exact) mass is 367 g/mol. The summed E-state index contributed by atoms with van der Waals surface area (Å²) in [6.45, 7) is 9.74. The van der Waals surface area contributed by atoms with E-state index in [0.29, 0.717) is 11.7 Å². The number of aromatic nitrogens is 2. The first-order chi connectivity index (χ1) is 13.0. The van der Waals surface area contributed by atoms with Gasteiger partial charge in [-0.15, -0.1) is 0 Å². The van der Waals surface area contributed by atoms with Crippen LogP contribution in [0, 0.1) is 13.8 Å². The Bertz CT molecular complexity index is 830. The number of carbonyl (C=O) groups excluding carboxylic acids is 1. The van der Waals surface area contributed by atoms with E-state index in [-0.39, 0.29) is 5.91 Å². The second-order valence-electron chi connectivity index (χ2n) is 8.01. The zero-order chi connectivity index (χ0) is 19.0. The lowest BCUT2D eigenvalue weighted by molar-refractivity contribution is 0.102. The van der Waals surface area contributed by atoms with Gasteiger partial charge in [-0.3, -0.25) is 14.8 Å². The van der Waals surface area contributed by atoms with E-state index in [1.54, 1.807) is 6.07 Å². The molecule has 0 unspecified atom stereocenters. The van der Waals surface area contributed by atoms with E-state index in [4.69, 9.17) is 0 Å². The standard InChI is InChI=1S/C21H29N5O/c1-14-11-17(25-10-8-18(13-25)26-9-4-5-16(26)3)6-7-19(14)22-21(27)20-12-15(2)23-24-20/h6-7,11-12,16,18H,4-5,8-10,13H2,1-3H3,(H,22,27)(H,23,24)/t16-,18-/m0/s1. The van der Waals surface area contributed by atoms with E-state index in [0.717, 1.165) is 36.1 Å². The maximum absolute atomic E-state index is 12.3. The van der Waals surface area contributed by atoms with Crippen molar-refractivity contribution >= 4 is 17.3 Å². The Morgan fingerprint density at radius 2 is 2.07 bits per heavy atom. The molecule has 0 aliphatic carbocycles. The van der Waals surface area contributed by atoms with Crippen molar-refractivity contribution in [3.05, 3.63) is 41.2 Å². The van der Waals surface area contributed by atoms with Gasteiger partial charge in [0.25, 0.3) is 5.91 Å². The Morgan fingerprint density at radius 1 is 1.22 bits per heavy atom. The van der Waals surface area contributed by atoms with Gasteiger partial charge in [0.05, 0.1) is 0 Å². The van der Waals surface area contributed by atoms with E-state index >= 15 is 0 Å². The molecule has 0 radical (unpaired) electrons. The summed E-state index contributed by atoms with van der Waals surface area (Å²) in [5, 5.41) is 9.80. The number of likely N-dealkylation sites (tertiary alicyclic amines) is 1. The lowest BCUT2D eigenvalue weighted by Gasteiger charge is -2.28. The fraction of sp³-hybridized carbons (Fsp3) is 0.524. The minimum Gasteiger partial charge on any atom is -0.370 e. The first-order valence-corrected chi connectivity index (χ1v) is 9.96. The summed E-state index contributed by atoms with van der Waals surface area (Å²) in [6, 6.07) is 9.46. The highest BCUT2D eigenvalue weighted by atomic mass is 16.1. The number of H-pyrrole nitrogens is 1. The number of aryl methyl sites for hydroxylation is 2. The number of amides is 1. The molecule has 27 heavy (non-hydrogen) atoms. The molecule has 2 fully saturated rings. The van der Waals surface area contributed by atoms with Crippen LogP contribution in [0.4, 0.5) is 11.4 Å². The lowest BCUT2D eigenvalue weighted by Crippen LogP contribution is -2.39. The second-order valence-corrected chi connectivity index (χ2v) is 8.01. The molecular weight excluding hydrogens is 338 g/mol. The van der Waals surface area contributed by atoms with E-state index in [9.17, 15) is 4.79 Å². The Labute approximate surface area is 160 Å². The van der Waals surface area contributed by atoms with Gasteiger partial charge in [-0.05, 0) is 76.4 Å². The third kappa shape index (κ3) is 3.72. The van der Waals surface area contributed by atoms with Crippen molar-refractivity contribution in [3.63, 3.8) is 0 Å². The van der Waals surface area contributed by atoms with E-state index in [1.165, 1.54) is 31.5 Å². The minimum atomic E-state index is -0.181. The Kier molecular flexibility index (Phi) is 4.91. The Hall–Kier alpha value is -2.34. The summed E-state index contributed by atoms with van der Waals surface area (Å²) in [5.41, 5.74) is 4.45. The Morgan fingerprint density at radius 3 is 2.74 bits per heavy atom. The number of nitrogens with zero attached hydrogens (tertiary/aromatic N) is 3. The number of benzene rings is 1. The molecule has 1 aromatic carbocycles. The third-order valence-corrected chi connectivity index (χ3v) is 6.00. The highest BCUT2D eigenvalue weighted by Gasteiger charge is 2.32. The maximum atomic E-state index is 12.3. The second kappa shape index (κ2) is 7.35. The number of carbonyl (C=O) groups is 1. The molecule has 3 heterocycles. The quantitative estimate of drug-likeness (QED) is 0.870. The number of nitrogens with one attached hydrogen (secondary N) is 2. The van der Waals surface area contributed by atoms with Gasteiger partial charge in [0.2, 0.25) is 0 Å². The highest BCUT2D eigenvalue weighted by molar-refractivity contribution is 6.03. The fourth-order valence-corrected chi connectivity index (χ4v) is 4.45. The van der Waals surface area contributed by atoms with Crippen LogP contribution < -0.4 is 10.2 Å². The smallest absolute Gasteiger partial charge is 0.276 e. The molecule has 2 atom stereocenters. The van der Waals surface area contributed by atoms with Crippen LogP contribution in [0.2, 0.25) is 0 Å². The van der Waals surface area contributed by atoms with Gasteiger partial charge in [-0.25, -0.2) is 0 Å². The van der Waals surface area contributed by atoms with Crippen LogP contribution in [0.15, 0.2) is 24.3 Å². The SMILES string of the molecule is Cc1cc(C(=O)Nc2ccc(N3CC[C@H](N4CCC[C@@H]4C)C3)cc2C)n[nH]1. The first-order valence-electron chi connectivity index (χ1n) is 9.96. The maximum Gasteiger partial charge on any atom is 0.276 e. The number of hydrogen-bond acceptors (Lipinski definition) is 4. The van der Waals surface area contributed by atoms with Gasteiger partial charge in [0.15, 0.2) is 5.69 Å². The van der Waals surface area contributed by atoms with Crippen molar-refractivity contribution < 1.29 is 4.79 Å². The molecule has 6 nitrogen and oxygen atoms in total. The van der Waals surface area contributed by atoms with Gasteiger partial charge in [0, 0.05) is 42.2 Å². The molecule has 2 saturated heterocycles. The number of anilines is 2. The molecule has 144 valence electrons. The van der Waals surface area contributed by atoms with Crippen molar-refractivity contribution in [1.29, 1.82) is 0 Å². The van der Waals surface area contributed by atoms with Gasteiger partial charge in [-0.1, -0.05) is 0 Å². The lowest BCUT2D eigenvalue weighted by atomic mass is 10.1. The van der Waals surface area contributed by atoms with Crippen LogP contribution >= 0.6 is 0 Å². The van der Waals surface area contributed by atoms with Gasteiger partial charge in [0.1, 0.15) is 0 Å². The summed E-state index contributed by atoms with van der Waals surface area (Å²) in [7, 11) is 0. The van der Waals surface area contributed by atoms with Crippen LogP contribution in [-0.4, -0.2) is 52.7 Å². The van der Waals surface area contributed by atoms with Gasteiger partial charge < -0.3 is 10.2 Å². The van der Waals surface area contributed by atoms with E-state index < -0.39 is 0 Å². The zero-order valence-corrected chi connectivity index (χ0v) is 16.5. The highest BCUT2D eigenvalue weighted by Crippen LogP contribution is 2.30. The molecule has 4 rings (SSSR count). The number of hydrogen-bond donors (Lipinski definition) is 2. The molecule has 0 bridgehead atoms. The van der Waals surface area contributed by atoms with E-state index in [1.807, 2.05) is 19.9 Å². The predicted molar refractivity (Wildman–Crippen MR) is 108 cm³/mol. The molecule has 1 amide bonds. The van der Waals surface area contributed by atoms with Crippen molar-refractivity contribution in [3.8, 4) is 0 Å². The van der Waals surface area contributed by atoms with Crippen LogP contribution in [0.1, 0.15) is 47.9 Å². The molecule has 2 N–H and O–H groups in total. The van der Waals surface area contributed by atoms with Crippen LogP contribution in [-0.2, 0) is 0 Å². The summed E-state index contributed by atoms with van der Waals surface area (Å²) >= 11 is 0. The average Bonchev–Trinajstić information content (AvgIpc) is 3.37. The molecular formula is C21H29N5O. The molecule has 0 spiro atoms. The normalized spacial score (nSPS) is 23.1. The first kappa shape index (κ1) is 18.0. The van der Waals surface area contributed by atoms with Crippen LogP contribution in [0.3, 0.4) is 0 Å². The van der Waals surface area contributed by atoms with E-state index in [2.05, 4.69) is 44.4 Å². The summed E-state index contributed by atoms with van der Waals surface area (Å²) < 4.78 is 0.